The van der Waals surface area contributed by atoms with Crippen molar-refractivity contribution in [2.24, 2.45) is 0 Å². The molecule has 1 aromatic carbocycles. The van der Waals surface area contributed by atoms with Crippen molar-refractivity contribution in [1.82, 2.24) is 4.90 Å². The second-order valence-electron chi connectivity index (χ2n) is 4.56. The van der Waals surface area contributed by atoms with Gasteiger partial charge in [0.2, 0.25) is 0 Å². The number of carbonyl (C=O) groups excluding carboxylic acids is 1. The first-order chi connectivity index (χ1) is 8.15. The van der Waals surface area contributed by atoms with Gasteiger partial charge in [0.25, 0.3) is 5.91 Å². The molecule has 1 saturated carbocycles. The Balaban J connectivity index is 1.97. The topological polar surface area (TPSA) is 59.5 Å². The lowest BCUT2D eigenvalue weighted by atomic mass is 10.2. The normalized spacial score (nSPS) is 15.1. The fourth-order valence-corrected chi connectivity index (χ4v) is 1.97. The van der Waals surface area contributed by atoms with E-state index >= 15 is 0 Å². The number of hydrogen-bond acceptors (Lipinski definition) is 3. The third kappa shape index (κ3) is 1.75. The fraction of sp³-hybridized carbons (Fsp3) is 0.308. The molecular formula is C13H14N2O2. The number of nitrogen functional groups attached to an aromatic ring is 1. The lowest BCUT2D eigenvalue weighted by Crippen LogP contribution is -2.28. The van der Waals surface area contributed by atoms with Crippen LogP contribution in [0.3, 0.4) is 0 Å². The fourth-order valence-electron chi connectivity index (χ4n) is 1.97. The van der Waals surface area contributed by atoms with Crippen LogP contribution in [0.25, 0.3) is 11.0 Å². The van der Waals surface area contributed by atoms with Crippen LogP contribution in [0.5, 0.6) is 0 Å². The SMILES string of the molecule is CN(C(=O)c1cc2cc(N)ccc2o1)C1CC1. The molecule has 0 radical (unpaired) electrons. The number of hydrogen-bond donors (Lipinski definition) is 1. The Bertz CT molecular complexity index is 584. The van der Waals surface area contributed by atoms with E-state index in [-0.39, 0.29) is 5.91 Å². The van der Waals surface area contributed by atoms with Crippen LogP contribution < -0.4 is 5.73 Å². The molecular weight excluding hydrogens is 216 g/mol. The molecule has 4 nitrogen and oxygen atoms in total. The van der Waals surface area contributed by atoms with Gasteiger partial charge in [0, 0.05) is 24.2 Å². The number of fused-ring (bicyclic) bond motifs is 1. The summed E-state index contributed by atoms with van der Waals surface area (Å²) in [5.74, 6) is 0.335. The van der Waals surface area contributed by atoms with Gasteiger partial charge in [0.05, 0.1) is 0 Å². The van der Waals surface area contributed by atoms with Crippen LogP contribution in [0.1, 0.15) is 23.4 Å². The van der Waals surface area contributed by atoms with Gasteiger partial charge in [-0.05, 0) is 37.1 Å². The number of amides is 1. The molecule has 1 aliphatic carbocycles. The molecule has 4 heteroatoms. The van der Waals surface area contributed by atoms with Crippen LogP contribution in [0.15, 0.2) is 28.7 Å². The molecule has 88 valence electrons. The largest absolute Gasteiger partial charge is 0.451 e. The number of benzene rings is 1. The molecule has 1 heterocycles. The van der Waals surface area contributed by atoms with E-state index < -0.39 is 0 Å². The van der Waals surface area contributed by atoms with Gasteiger partial charge >= 0.3 is 0 Å². The molecule has 1 amide bonds. The molecule has 0 unspecified atom stereocenters. The molecule has 0 spiro atoms. The van der Waals surface area contributed by atoms with Crippen molar-refractivity contribution in [2.45, 2.75) is 18.9 Å². The zero-order chi connectivity index (χ0) is 12.0. The minimum absolute atomic E-state index is 0.0535. The first kappa shape index (κ1) is 10.2. The summed E-state index contributed by atoms with van der Waals surface area (Å²) in [5.41, 5.74) is 7.06. The van der Waals surface area contributed by atoms with Crippen LogP contribution in [0.4, 0.5) is 5.69 Å². The van der Waals surface area contributed by atoms with Gasteiger partial charge in [-0.25, -0.2) is 0 Å². The molecule has 0 bridgehead atoms. The average molecular weight is 230 g/mol. The second-order valence-corrected chi connectivity index (χ2v) is 4.56. The number of furan rings is 1. The third-order valence-corrected chi connectivity index (χ3v) is 3.17. The first-order valence-corrected chi connectivity index (χ1v) is 5.71. The highest BCUT2D eigenvalue weighted by molar-refractivity contribution is 5.96. The molecule has 2 aromatic rings. The highest BCUT2D eigenvalue weighted by Crippen LogP contribution is 2.28. The number of nitrogens with zero attached hydrogens (tertiary/aromatic N) is 1. The predicted octanol–water partition coefficient (Wildman–Crippen LogP) is 2.25. The zero-order valence-corrected chi connectivity index (χ0v) is 9.64. The number of nitrogens with two attached hydrogens (primary N) is 1. The Hall–Kier alpha value is -1.97. The lowest BCUT2D eigenvalue weighted by molar-refractivity contribution is 0.0756. The number of carbonyl (C=O) groups is 1. The quantitative estimate of drug-likeness (QED) is 0.805. The minimum Gasteiger partial charge on any atom is -0.451 e. The Labute approximate surface area is 99.0 Å². The van der Waals surface area contributed by atoms with Crippen LogP contribution in [-0.2, 0) is 0 Å². The van der Waals surface area contributed by atoms with E-state index in [4.69, 9.17) is 10.2 Å². The van der Waals surface area contributed by atoms with E-state index in [1.807, 2.05) is 13.1 Å². The van der Waals surface area contributed by atoms with Crippen LogP contribution in [0, 0.1) is 0 Å². The summed E-state index contributed by atoms with van der Waals surface area (Å²) >= 11 is 0. The van der Waals surface area contributed by atoms with Crippen molar-refractivity contribution >= 4 is 22.6 Å². The summed E-state index contributed by atoms with van der Waals surface area (Å²) in [7, 11) is 1.82. The lowest BCUT2D eigenvalue weighted by Gasteiger charge is -2.13. The summed E-state index contributed by atoms with van der Waals surface area (Å²) in [6.45, 7) is 0. The molecule has 1 aliphatic rings. The van der Waals surface area contributed by atoms with Crippen molar-refractivity contribution in [2.75, 3.05) is 12.8 Å². The molecule has 17 heavy (non-hydrogen) atoms. The summed E-state index contributed by atoms with van der Waals surface area (Å²) in [6, 6.07) is 7.52. The molecule has 0 saturated heterocycles. The average Bonchev–Trinajstić information content (AvgIpc) is 3.07. The molecule has 0 aliphatic heterocycles. The summed E-state index contributed by atoms with van der Waals surface area (Å²) < 4.78 is 5.54. The maximum Gasteiger partial charge on any atom is 0.289 e. The minimum atomic E-state index is -0.0535. The summed E-state index contributed by atoms with van der Waals surface area (Å²) in [6.07, 6.45) is 2.19. The van der Waals surface area contributed by atoms with Gasteiger partial charge in [0.1, 0.15) is 5.58 Å². The smallest absolute Gasteiger partial charge is 0.289 e. The van der Waals surface area contributed by atoms with E-state index in [0.29, 0.717) is 23.1 Å². The van der Waals surface area contributed by atoms with Crippen molar-refractivity contribution in [1.29, 1.82) is 0 Å². The Kier molecular flexibility index (Phi) is 2.11. The van der Waals surface area contributed by atoms with Gasteiger partial charge in [-0.15, -0.1) is 0 Å². The van der Waals surface area contributed by atoms with Gasteiger partial charge in [-0.1, -0.05) is 0 Å². The van der Waals surface area contributed by atoms with E-state index in [9.17, 15) is 4.79 Å². The van der Waals surface area contributed by atoms with Crippen molar-refractivity contribution < 1.29 is 9.21 Å². The van der Waals surface area contributed by atoms with E-state index in [1.54, 1.807) is 23.1 Å². The van der Waals surface area contributed by atoms with Crippen LogP contribution in [-0.4, -0.2) is 23.9 Å². The van der Waals surface area contributed by atoms with Crippen LogP contribution in [0.2, 0.25) is 0 Å². The van der Waals surface area contributed by atoms with Crippen LogP contribution >= 0.6 is 0 Å². The molecule has 3 rings (SSSR count). The van der Waals surface area contributed by atoms with E-state index in [0.717, 1.165) is 18.2 Å². The predicted molar refractivity (Wildman–Crippen MR) is 65.7 cm³/mol. The molecule has 1 fully saturated rings. The zero-order valence-electron chi connectivity index (χ0n) is 9.64. The molecule has 0 atom stereocenters. The van der Waals surface area contributed by atoms with Crippen molar-refractivity contribution in [3.63, 3.8) is 0 Å². The van der Waals surface area contributed by atoms with Gasteiger partial charge in [0.15, 0.2) is 5.76 Å². The highest BCUT2D eigenvalue weighted by Gasteiger charge is 2.31. The molecule has 2 N–H and O–H groups in total. The third-order valence-electron chi connectivity index (χ3n) is 3.17. The Morgan fingerprint density at radius 1 is 1.41 bits per heavy atom. The monoisotopic (exact) mass is 230 g/mol. The van der Waals surface area contributed by atoms with Gasteiger partial charge in [-0.3, -0.25) is 4.79 Å². The van der Waals surface area contributed by atoms with Crippen molar-refractivity contribution in [3.05, 3.63) is 30.0 Å². The standard InChI is InChI=1S/C13H14N2O2/c1-15(10-3-4-10)13(16)12-7-8-6-9(14)2-5-11(8)17-12/h2,5-7,10H,3-4,14H2,1H3. The first-order valence-electron chi connectivity index (χ1n) is 5.71. The Morgan fingerprint density at radius 2 is 2.18 bits per heavy atom. The number of rotatable bonds is 2. The maximum atomic E-state index is 12.1. The van der Waals surface area contributed by atoms with Crippen molar-refractivity contribution in [3.8, 4) is 0 Å². The number of anilines is 1. The van der Waals surface area contributed by atoms with Gasteiger partial charge < -0.3 is 15.1 Å². The Morgan fingerprint density at radius 3 is 2.88 bits per heavy atom. The molecule has 1 aromatic heterocycles. The van der Waals surface area contributed by atoms with Gasteiger partial charge in [-0.2, -0.15) is 0 Å². The summed E-state index contributed by atoms with van der Waals surface area (Å²) in [5, 5.41) is 0.873. The second kappa shape index (κ2) is 3.52. The maximum absolute atomic E-state index is 12.1. The summed E-state index contributed by atoms with van der Waals surface area (Å²) in [4.78, 5) is 13.8. The highest BCUT2D eigenvalue weighted by atomic mass is 16.3. The van der Waals surface area contributed by atoms with E-state index in [2.05, 4.69) is 0 Å². The van der Waals surface area contributed by atoms with E-state index in [1.165, 1.54) is 0 Å².